The lowest BCUT2D eigenvalue weighted by Crippen LogP contribution is -2.33. The minimum absolute atomic E-state index is 0.281. The topological polar surface area (TPSA) is 63.2 Å². The molecule has 29 heavy (non-hydrogen) atoms. The van der Waals surface area contributed by atoms with Crippen LogP contribution in [0.15, 0.2) is 47.5 Å². The molecule has 2 aliphatic rings. The lowest BCUT2D eigenvalue weighted by Gasteiger charge is -2.25. The number of cyclic esters (lactones) is 1. The van der Waals surface area contributed by atoms with Crippen molar-refractivity contribution in [3.05, 3.63) is 64.4 Å². The van der Waals surface area contributed by atoms with Gasteiger partial charge in [0, 0.05) is 29.9 Å². The van der Waals surface area contributed by atoms with Crippen molar-refractivity contribution in [3.63, 3.8) is 0 Å². The van der Waals surface area contributed by atoms with Crippen LogP contribution in [0.4, 0.5) is 14.9 Å². The normalized spacial score (nSPS) is 22.3. The molecule has 2 aromatic carbocycles. The Balaban J connectivity index is 1.39. The highest BCUT2D eigenvalue weighted by Crippen LogP contribution is 2.28. The highest BCUT2D eigenvalue weighted by atomic mass is 35.5. The molecule has 0 saturated carbocycles. The Bertz CT molecular complexity index is 901. The molecule has 6 nitrogen and oxygen atoms in total. The molecule has 2 aromatic rings. The predicted molar refractivity (Wildman–Crippen MR) is 109 cm³/mol. The molecule has 0 bridgehead atoms. The van der Waals surface area contributed by atoms with Crippen LogP contribution in [0.1, 0.15) is 17.2 Å². The summed E-state index contributed by atoms with van der Waals surface area (Å²) in [5.74, 6) is -0.399. The molecule has 2 atom stereocenters. The van der Waals surface area contributed by atoms with Crippen molar-refractivity contribution in [1.29, 1.82) is 0 Å². The Morgan fingerprint density at radius 2 is 2.10 bits per heavy atom. The lowest BCUT2D eigenvalue weighted by atomic mass is 10.1. The van der Waals surface area contributed by atoms with Gasteiger partial charge in [0.05, 0.1) is 31.5 Å². The van der Waals surface area contributed by atoms with Gasteiger partial charge in [-0.25, -0.2) is 9.18 Å². The van der Waals surface area contributed by atoms with E-state index in [9.17, 15) is 9.18 Å². The lowest BCUT2D eigenvalue weighted by molar-refractivity contribution is 0.0255. The van der Waals surface area contributed by atoms with Crippen molar-refractivity contribution in [2.45, 2.75) is 18.8 Å². The molecular weight excluding hydrogens is 397 g/mol. The van der Waals surface area contributed by atoms with Crippen LogP contribution >= 0.6 is 11.6 Å². The van der Waals surface area contributed by atoms with E-state index >= 15 is 0 Å². The summed E-state index contributed by atoms with van der Waals surface area (Å²) in [7, 11) is 0. The first-order valence-corrected chi connectivity index (χ1v) is 9.82. The number of nitrogens with zero attached hydrogens (tertiary/aromatic N) is 2. The number of carbonyl (C=O) groups excluding carboxylic acids is 1. The fourth-order valence-corrected chi connectivity index (χ4v) is 3.47. The zero-order valence-electron chi connectivity index (χ0n) is 15.7. The number of aliphatic imine (C=N–C) groups is 1. The Kier molecular flexibility index (Phi) is 6.08. The zero-order valence-corrected chi connectivity index (χ0v) is 16.4. The molecule has 2 aliphatic heterocycles. The first kappa shape index (κ1) is 19.8. The Hall–Kier alpha value is -2.48. The van der Waals surface area contributed by atoms with Gasteiger partial charge in [0.1, 0.15) is 5.82 Å². The maximum Gasteiger partial charge on any atom is 0.415 e. The van der Waals surface area contributed by atoms with Gasteiger partial charge in [-0.2, -0.15) is 0 Å². The molecule has 0 radical (unpaired) electrons. The third-order valence-electron chi connectivity index (χ3n) is 4.86. The number of amides is 1. The van der Waals surface area contributed by atoms with Crippen LogP contribution < -0.4 is 10.2 Å². The van der Waals surface area contributed by atoms with Crippen LogP contribution in [-0.2, 0) is 16.0 Å². The van der Waals surface area contributed by atoms with E-state index in [2.05, 4.69) is 10.3 Å². The minimum atomic E-state index is -0.518. The number of halogens is 2. The van der Waals surface area contributed by atoms with Crippen molar-refractivity contribution in [2.75, 3.05) is 31.1 Å². The monoisotopic (exact) mass is 417 g/mol. The summed E-state index contributed by atoms with van der Waals surface area (Å²) in [4.78, 5) is 18.0. The molecule has 1 N–H and O–H groups in total. The first-order valence-electron chi connectivity index (χ1n) is 9.44. The van der Waals surface area contributed by atoms with Crippen molar-refractivity contribution >= 4 is 29.6 Å². The van der Waals surface area contributed by atoms with E-state index in [1.807, 2.05) is 12.1 Å². The number of carbonyl (C=O) groups is 1. The van der Waals surface area contributed by atoms with Crippen molar-refractivity contribution in [2.24, 2.45) is 4.99 Å². The second kappa shape index (κ2) is 8.90. The fourth-order valence-electron chi connectivity index (χ4n) is 3.35. The molecule has 2 fully saturated rings. The molecule has 0 aliphatic carbocycles. The molecule has 2 unspecified atom stereocenters. The van der Waals surface area contributed by atoms with Crippen LogP contribution in [0, 0.1) is 5.82 Å². The molecule has 1 amide bonds. The Morgan fingerprint density at radius 3 is 2.83 bits per heavy atom. The third kappa shape index (κ3) is 4.75. The number of morpholine rings is 1. The second-order valence-electron chi connectivity index (χ2n) is 6.92. The number of rotatable bonds is 5. The summed E-state index contributed by atoms with van der Waals surface area (Å²) in [6.45, 7) is 2.61. The maximum absolute atomic E-state index is 14.6. The van der Waals surface area contributed by atoms with E-state index in [1.54, 1.807) is 30.5 Å². The number of hydrogen-bond acceptors (Lipinski definition) is 5. The standard InChI is InChI=1S/C21H21ClFN3O3/c22-15-3-1-14(2-4-15)10-25-11-17-13-26(21(27)29-17)16-5-6-18(19(23)9-16)20-12-24-7-8-28-20/h1-6,9,11,17,20,24H,7-8,10,12-13H2/b25-11+. The number of ether oxygens (including phenoxy) is 2. The van der Waals surface area contributed by atoms with Gasteiger partial charge >= 0.3 is 6.09 Å². The van der Waals surface area contributed by atoms with E-state index < -0.39 is 18.0 Å². The summed E-state index contributed by atoms with van der Waals surface area (Å²) in [5, 5.41) is 3.85. The van der Waals surface area contributed by atoms with E-state index in [0.29, 0.717) is 36.0 Å². The molecule has 2 heterocycles. The van der Waals surface area contributed by atoms with Gasteiger partial charge in [0.25, 0.3) is 0 Å². The van der Waals surface area contributed by atoms with Gasteiger partial charge in [0.2, 0.25) is 0 Å². The quantitative estimate of drug-likeness (QED) is 0.753. The van der Waals surface area contributed by atoms with E-state index in [0.717, 1.165) is 12.1 Å². The summed E-state index contributed by atoms with van der Waals surface area (Å²) < 4.78 is 25.5. The fraction of sp³-hybridized carbons (Fsp3) is 0.333. The van der Waals surface area contributed by atoms with Crippen molar-refractivity contribution in [1.82, 2.24) is 5.32 Å². The summed E-state index contributed by atoms with van der Waals surface area (Å²) in [6, 6.07) is 12.1. The maximum atomic E-state index is 14.6. The smallest absolute Gasteiger partial charge is 0.415 e. The number of nitrogens with one attached hydrogen (secondary N) is 1. The third-order valence-corrected chi connectivity index (χ3v) is 5.12. The van der Waals surface area contributed by atoms with Gasteiger partial charge in [-0.15, -0.1) is 0 Å². The average molecular weight is 418 g/mol. The predicted octanol–water partition coefficient (Wildman–Crippen LogP) is 3.74. The van der Waals surface area contributed by atoms with Gasteiger partial charge in [0.15, 0.2) is 6.10 Å². The number of hydrogen-bond donors (Lipinski definition) is 1. The van der Waals surface area contributed by atoms with Crippen LogP contribution in [-0.4, -0.2) is 44.7 Å². The van der Waals surface area contributed by atoms with E-state index in [-0.39, 0.29) is 12.6 Å². The van der Waals surface area contributed by atoms with Gasteiger partial charge < -0.3 is 14.8 Å². The molecule has 2 saturated heterocycles. The Labute approximate surface area is 173 Å². The molecule has 152 valence electrons. The summed E-state index contributed by atoms with van der Waals surface area (Å²) >= 11 is 5.87. The average Bonchev–Trinajstić information content (AvgIpc) is 3.10. The molecule has 0 aromatic heterocycles. The molecule has 8 heteroatoms. The van der Waals surface area contributed by atoms with Gasteiger partial charge in [-0.3, -0.25) is 9.89 Å². The Morgan fingerprint density at radius 1 is 1.28 bits per heavy atom. The largest absolute Gasteiger partial charge is 0.438 e. The molecular formula is C21H21ClFN3O3. The molecule has 4 rings (SSSR count). The zero-order chi connectivity index (χ0) is 20.2. The molecule has 0 spiro atoms. The number of benzene rings is 2. The second-order valence-corrected chi connectivity index (χ2v) is 7.35. The highest BCUT2D eigenvalue weighted by molar-refractivity contribution is 6.30. The number of anilines is 1. The van der Waals surface area contributed by atoms with Crippen molar-refractivity contribution < 1.29 is 18.7 Å². The SMILES string of the molecule is O=C1OC(/C=N/Cc2ccc(Cl)cc2)CN1c1ccc(C2CNCCO2)c(F)c1. The summed E-state index contributed by atoms with van der Waals surface area (Å²) in [6.07, 6.45) is 0.286. The van der Waals surface area contributed by atoms with E-state index in [4.69, 9.17) is 21.1 Å². The van der Waals surface area contributed by atoms with Crippen LogP contribution in [0.2, 0.25) is 5.02 Å². The van der Waals surface area contributed by atoms with Crippen molar-refractivity contribution in [3.8, 4) is 0 Å². The highest BCUT2D eigenvalue weighted by Gasteiger charge is 2.32. The van der Waals surface area contributed by atoms with Crippen LogP contribution in [0.25, 0.3) is 0 Å². The van der Waals surface area contributed by atoms with Gasteiger partial charge in [-0.05, 0) is 29.8 Å². The first-order chi connectivity index (χ1) is 14.1. The summed E-state index contributed by atoms with van der Waals surface area (Å²) in [5.41, 5.74) is 1.94. The van der Waals surface area contributed by atoms with Crippen LogP contribution in [0.3, 0.4) is 0 Å². The minimum Gasteiger partial charge on any atom is -0.438 e. The van der Waals surface area contributed by atoms with Gasteiger partial charge in [-0.1, -0.05) is 29.8 Å². The van der Waals surface area contributed by atoms with E-state index in [1.165, 1.54) is 11.0 Å². The van der Waals surface area contributed by atoms with Crippen LogP contribution in [0.5, 0.6) is 0 Å².